The fourth-order valence-electron chi connectivity index (χ4n) is 2.64. The van der Waals surface area contributed by atoms with Gasteiger partial charge in [0.1, 0.15) is 5.92 Å². The number of Topliss-reactive ketones (excluding diaryl/α,β-unsaturated/α-hetero) is 1. The fraction of sp³-hybridized carbons (Fsp3) is 0.500. The van der Waals surface area contributed by atoms with E-state index in [1.54, 1.807) is 14.0 Å². The largest absolute Gasteiger partial charge is 0.465 e. The Labute approximate surface area is 124 Å². The number of esters is 1. The van der Waals surface area contributed by atoms with Crippen LogP contribution in [-0.4, -0.2) is 49.6 Å². The van der Waals surface area contributed by atoms with E-state index < -0.39 is 11.9 Å². The summed E-state index contributed by atoms with van der Waals surface area (Å²) in [4.78, 5) is 26.3. The minimum Gasteiger partial charge on any atom is -0.465 e. The summed E-state index contributed by atoms with van der Waals surface area (Å²) in [6, 6.07) is 9.50. The number of benzene rings is 1. The molecule has 0 unspecified atom stereocenters. The molecule has 1 aliphatic heterocycles. The van der Waals surface area contributed by atoms with Crippen LogP contribution in [-0.2, 0) is 25.6 Å². The summed E-state index contributed by atoms with van der Waals surface area (Å²) in [7, 11) is 1.56. The molecule has 5 heteroatoms. The van der Waals surface area contributed by atoms with Crippen LogP contribution < -0.4 is 0 Å². The number of carbonyl (C=O) groups is 2. The Kier molecular flexibility index (Phi) is 5.47. The van der Waals surface area contributed by atoms with Gasteiger partial charge in [-0.15, -0.1) is 0 Å². The number of methoxy groups -OCH3 is 1. The number of hydrogen-bond acceptors (Lipinski definition) is 5. The van der Waals surface area contributed by atoms with Crippen molar-refractivity contribution in [1.82, 2.24) is 4.90 Å². The summed E-state index contributed by atoms with van der Waals surface area (Å²) in [5.41, 5.74) is 1.11. The maximum absolute atomic E-state index is 12.4. The topological polar surface area (TPSA) is 55.8 Å². The molecule has 0 aliphatic carbocycles. The first-order valence-corrected chi connectivity index (χ1v) is 7.14. The number of nitrogens with zero attached hydrogens (tertiary/aromatic N) is 1. The Morgan fingerprint density at radius 2 is 2.05 bits per heavy atom. The Bertz CT molecular complexity index is 488. The molecule has 0 spiro atoms. The number of likely N-dealkylation sites (tertiary alicyclic amines) is 1. The first kappa shape index (κ1) is 15.7. The predicted molar refractivity (Wildman–Crippen MR) is 77.6 cm³/mol. The van der Waals surface area contributed by atoms with Crippen LogP contribution in [0.15, 0.2) is 30.3 Å². The van der Waals surface area contributed by atoms with Crippen LogP contribution in [0.25, 0.3) is 0 Å². The van der Waals surface area contributed by atoms with Gasteiger partial charge in [0.05, 0.1) is 19.3 Å². The fourth-order valence-corrected chi connectivity index (χ4v) is 2.64. The summed E-state index contributed by atoms with van der Waals surface area (Å²) >= 11 is 0. The smallest absolute Gasteiger partial charge is 0.317 e. The van der Waals surface area contributed by atoms with E-state index in [-0.39, 0.29) is 18.4 Å². The highest BCUT2D eigenvalue weighted by atomic mass is 16.5. The maximum Gasteiger partial charge on any atom is 0.317 e. The molecule has 1 aromatic rings. The van der Waals surface area contributed by atoms with Crippen molar-refractivity contribution >= 4 is 11.8 Å². The molecule has 1 saturated heterocycles. The van der Waals surface area contributed by atoms with E-state index in [2.05, 4.69) is 0 Å². The lowest BCUT2D eigenvalue weighted by Crippen LogP contribution is -2.36. The summed E-state index contributed by atoms with van der Waals surface area (Å²) < 4.78 is 10.1. The Balaban J connectivity index is 2.11. The zero-order chi connectivity index (χ0) is 15.2. The third-order valence-corrected chi connectivity index (χ3v) is 3.65. The normalized spacial score (nSPS) is 22.5. The minimum absolute atomic E-state index is 0.105. The van der Waals surface area contributed by atoms with E-state index in [0.29, 0.717) is 19.7 Å². The van der Waals surface area contributed by atoms with E-state index in [1.807, 2.05) is 35.2 Å². The molecule has 0 saturated carbocycles. The van der Waals surface area contributed by atoms with Crippen LogP contribution in [0.4, 0.5) is 0 Å². The van der Waals surface area contributed by atoms with E-state index >= 15 is 0 Å². The second-order valence-electron chi connectivity index (χ2n) is 5.09. The zero-order valence-corrected chi connectivity index (χ0v) is 12.5. The predicted octanol–water partition coefficient (Wildman–Crippen LogP) is 1.27. The summed E-state index contributed by atoms with van der Waals surface area (Å²) in [5, 5.41) is 0. The molecule has 21 heavy (non-hydrogen) atoms. The molecule has 0 N–H and O–H groups in total. The van der Waals surface area contributed by atoms with E-state index in [4.69, 9.17) is 9.47 Å². The minimum atomic E-state index is -0.700. The maximum atomic E-state index is 12.4. The molecule has 0 amide bonds. The van der Waals surface area contributed by atoms with Crippen molar-refractivity contribution in [2.45, 2.75) is 19.5 Å². The molecule has 2 atom stereocenters. The quantitative estimate of drug-likeness (QED) is 0.583. The Morgan fingerprint density at radius 1 is 1.33 bits per heavy atom. The second-order valence-corrected chi connectivity index (χ2v) is 5.09. The van der Waals surface area contributed by atoms with Gasteiger partial charge in [0, 0.05) is 20.2 Å². The highest BCUT2D eigenvalue weighted by molar-refractivity contribution is 6.03. The zero-order valence-electron chi connectivity index (χ0n) is 12.5. The van der Waals surface area contributed by atoms with Crippen molar-refractivity contribution in [2.75, 3.05) is 26.9 Å². The van der Waals surface area contributed by atoms with E-state index in [9.17, 15) is 9.59 Å². The van der Waals surface area contributed by atoms with Gasteiger partial charge in [0.15, 0.2) is 5.78 Å². The van der Waals surface area contributed by atoms with Crippen LogP contribution in [0.3, 0.4) is 0 Å². The van der Waals surface area contributed by atoms with Gasteiger partial charge in [-0.25, -0.2) is 0 Å². The molecule has 0 aromatic heterocycles. The second kappa shape index (κ2) is 7.33. The Hall–Kier alpha value is -1.72. The van der Waals surface area contributed by atoms with Gasteiger partial charge >= 0.3 is 5.97 Å². The molecular weight excluding hydrogens is 270 g/mol. The van der Waals surface area contributed by atoms with Gasteiger partial charge in [-0.2, -0.15) is 0 Å². The lowest BCUT2D eigenvalue weighted by molar-refractivity contribution is -0.150. The average Bonchev–Trinajstić information content (AvgIpc) is 2.78. The first-order chi connectivity index (χ1) is 10.2. The van der Waals surface area contributed by atoms with Gasteiger partial charge in [-0.1, -0.05) is 30.3 Å². The standard InChI is InChI=1S/C16H21NO4/c1-3-21-16(19)13-10-17(14(11-20-2)15(13)18)9-12-7-5-4-6-8-12/h4-8,13-14H,3,9-11H2,1-2H3/t13-,14+/m0/s1. The average molecular weight is 291 g/mol. The van der Waals surface area contributed by atoms with Crippen molar-refractivity contribution in [3.8, 4) is 0 Å². The number of ketones is 1. The molecular formula is C16H21NO4. The van der Waals surface area contributed by atoms with E-state index in [1.165, 1.54) is 0 Å². The van der Waals surface area contributed by atoms with E-state index in [0.717, 1.165) is 5.56 Å². The molecule has 2 rings (SSSR count). The van der Waals surface area contributed by atoms with Crippen LogP contribution in [0.2, 0.25) is 0 Å². The Morgan fingerprint density at radius 3 is 2.67 bits per heavy atom. The molecule has 1 fully saturated rings. The van der Waals surface area contributed by atoms with Gasteiger partial charge in [-0.3, -0.25) is 14.5 Å². The van der Waals surface area contributed by atoms with Crippen molar-refractivity contribution < 1.29 is 19.1 Å². The summed E-state index contributed by atoms with van der Waals surface area (Å²) in [6.45, 7) is 3.33. The van der Waals surface area contributed by atoms with Crippen LogP contribution in [0.5, 0.6) is 0 Å². The van der Waals surface area contributed by atoms with Crippen molar-refractivity contribution in [3.05, 3.63) is 35.9 Å². The summed E-state index contributed by atoms with van der Waals surface area (Å²) in [5.74, 6) is -1.24. The van der Waals surface area contributed by atoms with Gasteiger partial charge in [0.25, 0.3) is 0 Å². The number of rotatable bonds is 6. The first-order valence-electron chi connectivity index (χ1n) is 7.14. The van der Waals surface area contributed by atoms with Crippen molar-refractivity contribution in [3.63, 3.8) is 0 Å². The highest BCUT2D eigenvalue weighted by Crippen LogP contribution is 2.23. The molecule has 1 aromatic carbocycles. The van der Waals surface area contributed by atoms with Crippen LogP contribution >= 0.6 is 0 Å². The highest BCUT2D eigenvalue weighted by Gasteiger charge is 2.44. The lowest BCUT2D eigenvalue weighted by Gasteiger charge is -2.22. The SMILES string of the molecule is CCOC(=O)[C@H]1CN(Cc2ccccc2)[C@H](COC)C1=O. The molecule has 0 radical (unpaired) electrons. The lowest BCUT2D eigenvalue weighted by atomic mass is 10.0. The van der Waals surface area contributed by atoms with Crippen LogP contribution in [0.1, 0.15) is 12.5 Å². The molecule has 1 heterocycles. The molecule has 5 nitrogen and oxygen atoms in total. The van der Waals surface area contributed by atoms with Crippen molar-refractivity contribution in [2.24, 2.45) is 5.92 Å². The molecule has 0 bridgehead atoms. The number of carbonyl (C=O) groups excluding carboxylic acids is 2. The molecule has 1 aliphatic rings. The van der Waals surface area contributed by atoms with Gasteiger partial charge in [-0.05, 0) is 12.5 Å². The van der Waals surface area contributed by atoms with Gasteiger partial charge in [0.2, 0.25) is 0 Å². The summed E-state index contributed by atoms with van der Waals surface area (Å²) in [6.07, 6.45) is 0. The molecule has 114 valence electrons. The van der Waals surface area contributed by atoms with Crippen molar-refractivity contribution in [1.29, 1.82) is 0 Å². The number of hydrogen-bond donors (Lipinski definition) is 0. The number of ether oxygens (including phenoxy) is 2. The third-order valence-electron chi connectivity index (χ3n) is 3.65. The monoisotopic (exact) mass is 291 g/mol. The third kappa shape index (κ3) is 3.68. The van der Waals surface area contributed by atoms with Crippen LogP contribution in [0, 0.1) is 5.92 Å². The van der Waals surface area contributed by atoms with Gasteiger partial charge < -0.3 is 9.47 Å².